The Morgan fingerprint density at radius 2 is 1.53 bits per heavy atom. The second-order valence-corrected chi connectivity index (χ2v) is 15.2. The zero-order valence-corrected chi connectivity index (χ0v) is 32.9. The number of imidazole rings is 2. The van der Waals surface area contributed by atoms with Crippen molar-refractivity contribution in [2.75, 3.05) is 20.8 Å². The Labute approximate surface area is 332 Å². The first kappa shape index (κ1) is 39.3. The van der Waals surface area contributed by atoms with Crippen LogP contribution in [0.25, 0.3) is 33.6 Å². The second-order valence-electron chi connectivity index (χ2n) is 15.2. The van der Waals surface area contributed by atoms with Gasteiger partial charge in [-0.05, 0) is 80.0 Å². The van der Waals surface area contributed by atoms with Crippen molar-refractivity contribution in [3.05, 3.63) is 97.4 Å². The highest BCUT2D eigenvalue weighted by Crippen LogP contribution is 2.48. The molecule has 3 fully saturated rings. The minimum atomic E-state index is -0.862. The van der Waals surface area contributed by atoms with Crippen molar-refractivity contribution in [1.29, 1.82) is 0 Å². The van der Waals surface area contributed by atoms with Crippen LogP contribution in [-0.4, -0.2) is 85.6 Å². The van der Waals surface area contributed by atoms with Crippen LogP contribution in [0.5, 0.6) is 0 Å². The van der Waals surface area contributed by atoms with E-state index < -0.39 is 18.2 Å². The Morgan fingerprint density at radius 1 is 0.807 bits per heavy atom. The first-order valence-electron chi connectivity index (χ1n) is 19.7. The molecule has 14 nitrogen and oxygen atoms in total. The van der Waals surface area contributed by atoms with Crippen LogP contribution in [0.2, 0.25) is 0 Å². The van der Waals surface area contributed by atoms with Crippen LogP contribution in [0.3, 0.4) is 0 Å². The molecule has 4 N–H and O–H groups in total. The third-order valence-electron chi connectivity index (χ3n) is 11.7. The van der Waals surface area contributed by atoms with Crippen molar-refractivity contribution in [3.8, 4) is 33.6 Å². The average Bonchev–Trinajstić information content (AvgIpc) is 4.12. The molecule has 298 valence electrons. The summed E-state index contributed by atoms with van der Waals surface area (Å²) in [6, 6.07) is 15.5. The molecule has 2 saturated carbocycles. The van der Waals surface area contributed by atoms with Gasteiger partial charge in [0.15, 0.2) is 0 Å². The van der Waals surface area contributed by atoms with E-state index >= 15 is 0 Å². The van der Waals surface area contributed by atoms with Gasteiger partial charge in [0.1, 0.15) is 11.9 Å². The number of ether oxygens (including phenoxy) is 2. The van der Waals surface area contributed by atoms with Gasteiger partial charge in [0.25, 0.3) is 0 Å². The first-order valence-corrected chi connectivity index (χ1v) is 19.7. The quantitative estimate of drug-likeness (QED) is 0.114. The smallest absolute Gasteiger partial charge is 0.407 e. The lowest BCUT2D eigenvalue weighted by atomic mass is 9.88. The maximum absolute atomic E-state index is 13.4. The Balaban J connectivity index is 0.000000229. The van der Waals surface area contributed by atoms with Crippen molar-refractivity contribution in [2.24, 2.45) is 17.8 Å². The maximum atomic E-state index is 13.4. The van der Waals surface area contributed by atoms with Crippen LogP contribution in [-0.2, 0) is 19.1 Å². The summed E-state index contributed by atoms with van der Waals surface area (Å²) in [5.74, 6) is 2.37. The molecule has 2 aromatic carbocycles. The summed E-state index contributed by atoms with van der Waals surface area (Å²) >= 11 is 0. The van der Waals surface area contributed by atoms with E-state index in [9.17, 15) is 14.4 Å². The van der Waals surface area contributed by atoms with Crippen molar-refractivity contribution in [1.82, 2.24) is 45.4 Å². The number of nitrogens with zero attached hydrogens (tertiary/aromatic N) is 5. The fourth-order valence-electron chi connectivity index (χ4n) is 8.44. The lowest BCUT2D eigenvalue weighted by molar-refractivity contribution is -0.137. The predicted molar refractivity (Wildman–Crippen MR) is 214 cm³/mol. The van der Waals surface area contributed by atoms with Gasteiger partial charge in [-0.25, -0.2) is 14.8 Å². The lowest BCUT2D eigenvalue weighted by Gasteiger charge is -2.30. The predicted octanol–water partition coefficient (Wildman–Crippen LogP) is 6.65. The molecule has 3 amide bonds. The Bertz CT molecular complexity index is 2090. The van der Waals surface area contributed by atoms with Gasteiger partial charge in [-0.15, -0.1) is 0 Å². The molecule has 7 atom stereocenters. The number of nitrogens with one attached hydrogen (secondary N) is 4. The summed E-state index contributed by atoms with van der Waals surface area (Å²) < 4.78 is 10.1. The zero-order valence-electron chi connectivity index (χ0n) is 32.9. The Hall–Kier alpha value is -5.89. The molecule has 5 aromatic rings. The van der Waals surface area contributed by atoms with E-state index in [4.69, 9.17) is 9.47 Å². The van der Waals surface area contributed by atoms with Gasteiger partial charge in [-0.2, -0.15) is 0 Å². The van der Waals surface area contributed by atoms with E-state index in [1.165, 1.54) is 33.5 Å². The zero-order chi connectivity index (χ0) is 39.9. The monoisotopic (exact) mass is 773 g/mol. The molecule has 0 radical (unpaired) electrons. The summed E-state index contributed by atoms with van der Waals surface area (Å²) in [5.41, 5.74) is 7.00. The van der Waals surface area contributed by atoms with Gasteiger partial charge in [-0.1, -0.05) is 55.0 Å². The molecular formula is C43H51N9O5. The van der Waals surface area contributed by atoms with E-state index in [0.29, 0.717) is 12.5 Å². The molecule has 7 unspecified atom stereocenters. The number of alkyl carbamates (subject to hydrolysis) is 1. The highest BCUT2D eigenvalue weighted by atomic mass is 16.5. The fraction of sp³-hybridized carbons (Fsp3) is 0.419. The van der Waals surface area contributed by atoms with Crippen LogP contribution in [0.15, 0.2) is 85.8 Å². The van der Waals surface area contributed by atoms with E-state index in [0.717, 1.165) is 70.3 Å². The molecule has 8 rings (SSSR count). The van der Waals surface area contributed by atoms with Gasteiger partial charge in [-0.3, -0.25) is 19.6 Å². The lowest BCUT2D eigenvalue weighted by Crippen LogP contribution is -2.54. The van der Waals surface area contributed by atoms with E-state index in [1.807, 2.05) is 6.92 Å². The fourth-order valence-corrected chi connectivity index (χ4v) is 8.44. The molecule has 4 heterocycles. The number of aromatic amines is 2. The number of aromatic nitrogens is 6. The SMILES string of the molecule is CC(NC(=O)C1CC2CCC1C2)c1cnccn1.COC(=O)NC(C(=O)N1CCCC1c1ncc(-c2ccc(-c3ccc(-c4cnc[nH]4)cc3)cc2)[nH]1)C(C)OC. The number of fused-ring (bicyclic) bond motifs is 2. The minimum Gasteiger partial charge on any atom is -0.453 e. The molecule has 2 bridgehead atoms. The molecule has 1 saturated heterocycles. The van der Waals surface area contributed by atoms with Gasteiger partial charge in [0, 0.05) is 32.0 Å². The van der Waals surface area contributed by atoms with Gasteiger partial charge in [0.05, 0.1) is 67.3 Å². The molecule has 57 heavy (non-hydrogen) atoms. The molecular weight excluding hydrogens is 723 g/mol. The first-order chi connectivity index (χ1) is 27.7. The number of benzene rings is 2. The molecule has 0 spiro atoms. The standard InChI is InChI=1S/C29H32N6O4.C14H19N3O/c1-18(38-2)26(34-29(37)39-3)28(36)35-14-4-5-25(35)27-31-16-24(33-27)22-12-8-20(9-13-22)19-6-10-21(11-7-19)23-15-30-17-32-23;1-9(13-8-15-4-5-16-13)17-14(18)12-7-10-2-3-11(12)6-10/h6-13,15-18,25-26H,4-5,14H2,1-3H3,(H,30,32)(H,31,33)(H,34,37);4-5,8-12H,2-3,6-7H2,1H3,(H,17,18). The minimum absolute atomic E-state index is 0.0506. The summed E-state index contributed by atoms with van der Waals surface area (Å²) in [6.07, 6.45) is 15.6. The highest BCUT2D eigenvalue weighted by Gasteiger charge is 2.43. The van der Waals surface area contributed by atoms with Crippen LogP contribution in [0.4, 0.5) is 4.79 Å². The number of amides is 3. The number of likely N-dealkylation sites (tertiary alicyclic amines) is 1. The topological polar surface area (TPSA) is 180 Å². The van der Waals surface area contributed by atoms with Crippen LogP contribution in [0.1, 0.15) is 76.0 Å². The number of carbonyl (C=O) groups is 3. The van der Waals surface area contributed by atoms with Crippen molar-refractivity contribution in [3.63, 3.8) is 0 Å². The average molecular weight is 774 g/mol. The molecule has 2 aliphatic carbocycles. The molecule has 3 aromatic heterocycles. The van der Waals surface area contributed by atoms with Crippen molar-refractivity contribution >= 4 is 17.9 Å². The molecule has 3 aliphatic rings. The van der Waals surface area contributed by atoms with Gasteiger partial charge < -0.3 is 35.0 Å². The number of rotatable bonds is 11. The van der Waals surface area contributed by atoms with Gasteiger partial charge >= 0.3 is 6.09 Å². The number of hydrogen-bond donors (Lipinski definition) is 4. The highest BCUT2D eigenvalue weighted by molar-refractivity contribution is 5.87. The largest absolute Gasteiger partial charge is 0.453 e. The summed E-state index contributed by atoms with van der Waals surface area (Å²) in [5, 5.41) is 5.70. The van der Waals surface area contributed by atoms with Crippen molar-refractivity contribution < 1.29 is 23.9 Å². The number of H-pyrrole nitrogens is 2. The second kappa shape index (κ2) is 17.9. The molecule has 1 aliphatic heterocycles. The third kappa shape index (κ3) is 9.07. The van der Waals surface area contributed by atoms with Crippen LogP contribution in [0, 0.1) is 17.8 Å². The summed E-state index contributed by atoms with van der Waals surface area (Å²) in [4.78, 5) is 62.8. The third-order valence-corrected chi connectivity index (χ3v) is 11.7. The normalized spacial score (nSPS) is 21.2. The van der Waals surface area contributed by atoms with Crippen LogP contribution >= 0.6 is 0 Å². The Kier molecular flexibility index (Phi) is 12.4. The molecule has 14 heteroatoms. The van der Waals surface area contributed by atoms with E-state index in [1.54, 1.807) is 49.1 Å². The van der Waals surface area contributed by atoms with Crippen molar-refractivity contribution in [2.45, 2.75) is 76.6 Å². The van der Waals surface area contributed by atoms with Gasteiger partial charge in [0.2, 0.25) is 11.8 Å². The summed E-state index contributed by atoms with van der Waals surface area (Å²) in [6.45, 7) is 4.28. The maximum Gasteiger partial charge on any atom is 0.407 e. The number of hydrogen-bond acceptors (Lipinski definition) is 9. The number of methoxy groups -OCH3 is 2. The number of carbonyl (C=O) groups excluding carboxylic acids is 3. The van der Waals surface area contributed by atoms with E-state index in [2.05, 4.69) is 89.1 Å². The Morgan fingerprint density at radius 3 is 2.12 bits per heavy atom. The van der Waals surface area contributed by atoms with E-state index in [-0.39, 0.29) is 29.8 Å². The summed E-state index contributed by atoms with van der Waals surface area (Å²) in [7, 11) is 2.77. The van der Waals surface area contributed by atoms with Crippen LogP contribution < -0.4 is 10.6 Å².